The molecule has 114 valence electrons. The van der Waals surface area contributed by atoms with Gasteiger partial charge in [0.15, 0.2) is 0 Å². The third kappa shape index (κ3) is 3.43. The van der Waals surface area contributed by atoms with Gasteiger partial charge in [-0.15, -0.1) is 0 Å². The van der Waals surface area contributed by atoms with E-state index in [4.69, 9.17) is 0 Å². The minimum absolute atomic E-state index is 0.266. The second-order valence-corrected chi connectivity index (χ2v) is 5.39. The van der Waals surface area contributed by atoms with E-state index >= 15 is 0 Å². The van der Waals surface area contributed by atoms with E-state index in [9.17, 15) is 4.79 Å². The van der Waals surface area contributed by atoms with E-state index in [0.29, 0.717) is 5.56 Å². The Morgan fingerprint density at radius 2 is 1.74 bits per heavy atom. The molecule has 0 radical (unpaired) electrons. The van der Waals surface area contributed by atoms with Gasteiger partial charge < -0.3 is 0 Å². The number of nitrogens with one attached hydrogen (secondary N) is 1. The van der Waals surface area contributed by atoms with E-state index < -0.39 is 0 Å². The molecule has 2 aromatic carbocycles. The lowest BCUT2D eigenvalue weighted by atomic mass is 10.0. The number of nitrogens with zero attached hydrogens (tertiary/aromatic N) is 2. The highest BCUT2D eigenvalue weighted by molar-refractivity contribution is 6.03. The fourth-order valence-electron chi connectivity index (χ4n) is 2.28. The second-order valence-electron chi connectivity index (χ2n) is 5.39. The number of aryl methyl sites for hydroxylation is 1. The monoisotopic (exact) mass is 303 g/mol. The summed E-state index contributed by atoms with van der Waals surface area (Å²) in [5.74, 6) is -0.266. The van der Waals surface area contributed by atoms with Gasteiger partial charge in [-0.1, -0.05) is 36.4 Å². The number of carbonyl (C=O) groups excluding carboxylic acids is 1. The Morgan fingerprint density at radius 3 is 2.48 bits per heavy atom. The van der Waals surface area contributed by atoms with Crippen molar-refractivity contribution in [3.8, 4) is 0 Å². The molecule has 3 rings (SSSR count). The zero-order valence-corrected chi connectivity index (χ0v) is 13.1. The first kappa shape index (κ1) is 14.9. The molecule has 0 saturated heterocycles. The van der Waals surface area contributed by atoms with E-state index in [2.05, 4.69) is 39.8 Å². The van der Waals surface area contributed by atoms with Gasteiger partial charge >= 0.3 is 0 Å². The Labute approximate surface area is 134 Å². The van der Waals surface area contributed by atoms with Crippen LogP contribution in [-0.2, 0) is 0 Å². The molecule has 0 unspecified atom stereocenters. The summed E-state index contributed by atoms with van der Waals surface area (Å²) in [5.41, 5.74) is 5.67. The molecule has 0 spiro atoms. The summed E-state index contributed by atoms with van der Waals surface area (Å²) in [5, 5.41) is 6.52. The van der Waals surface area contributed by atoms with Crippen molar-refractivity contribution >= 4 is 22.4 Å². The van der Waals surface area contributed by atoms with Crippen molar-refractivity contribution in [1.29, 1.82) is 0 Å². The number of pyridine rings is 1. The summed E-state index contributed by atoms with van der Waals surface area (Å²) >= 11 is 0. The molecule has 4 heteroatoms. The number of amides is 1. The third-order valence-corrected chi connectivity index (χ3v) is 3.67. The second kappa shape index (κ2) is 6.40. The van der Waals surface area contributed by atoms with E-state index in [-0.39, 0.29) is 5.91 Å². The molecule has 0 aliphatic rings. The predicted octanol–water partition coefficient (Wildman–Crippen LogP) is 3.70. The van der Waals surface area contributed by atoms with Gasteiger partial charge in [-0.2, -0.15) is 5.10 Å². The lowest BCUT2D eigenvalue weighted by Gasteiger charge is -2.05. The highest BCUT2D eigenvalue weighted by Gasteiger charge is 2.05. The van der Waals surface area contributed by atoms with Gasteiger partial charge in [0.2, 0.25) is 0 Å². The van der Waals surface area contributed by atoms with Crippen molar-refractivity contribution in [3.05, 3.63) is 77.6 Å². The van der Waals surface area contributed by atoms with Crippen LogP contribution in [0.3, 0.4) is 0 Å². The minimum Gasteiger partial charge on any atom is -0.267 e. The summed E-state index contributed by atoms with van der Waals surface area (Å²) < 4.78 is 0. The number of carbonyl (C=O) groups is 1. The van der Waals surface area contributed by atoms with Gasteiger partial charge in [-0.3, -0.25) is 9.78 Å². The molecule has 1 heterocycles. The van der Waals surface area contributed by atoms with Gasteiger partial charge in [0, 0.05) is 11.9 Å². The number of aromatic nitrogens is 1. The molecular weight excluding hydrogens is 286 g/mol. The quantitative estimate of drug-likeness (QED) is 0.592. The summed E-state index contributed by atoms with van der Waals surface area (Å²) in [7, 11) is 0. The van der Waals surface area contributed by atoms with Crippen molar-refractivity contribution in [2.45, 2.75) is 13.8 Å². The molecule has 1 amide bonds. The minimum atomic E-state index is -0.266. The molecule has 0 aliphatic heterocycles. The molecule has 0 aliphatic carbocycles. The largest absolute Gasteiger partial charge is 0.272 e. The summed E-state index contributed by atoms with van der Waals surface area (Å²) in [4.78, 5) is 16.2. The maximum atomic E-state index is 12.0. The van der Waals surface area contributed by atoms with Gasteiger partial charge in [0.05, 0.1) is 11.3 Å². The first-order valence-corrected chi connectivity index (χ1v) is 7.40. The molecule has 1 aromatic heterocycles. The topological polar surface area (TPSA) is 54.4 Å². The molecule has 3 aromatic rings. The number of rotatable bonds is 3. The average Bonchev–Trinajstić information content (AvgIpc) is 2.59. The molecule has 0 fully saturated rings. The Bertz CT molecular complexity index is 883. The van der Waals surface area contributed by atoms with Crippen molar-refractivity contribution in [2.75, 3.05) is 0 Å². The van der Waals surface area contributed by atoms with Crippen LogP contribution in [0.4, 0.5) is 0 Å². The number of fused-ring (bicyclic) bond motifs is 1. The normalized spacial score (nSPS) is 11.5. The number of hydrazone groups is 1. The van der Waals surface area contributed by atoms with Gasteiger partial charge in [-0.25, -0.2) is 5.43 Å². The molecule has 0 bridgehead atoms. The molecule has 0 saturated carbocycles. The molecule has 0 atom stereocenters. The van der Waals surface area contributed by atoms with E-state index in [1.807, 2.05) is 32.0 Å². The van der Waals surface area contributed by atoms with Gasteiger partial charge in [-0.05, 0) is 48.4 Å². The van der Waals surface area contributed by atoms with Crippen molar-refractivity contribution in [1.82, 2.24) is 10.4 Å². The maximum absolute atomic E-state index is 12.0. The van der Waals surface area contributed by atoms with Crippen LogP contribution < -0.4 is 5.43 Å². The predicted molar refractivity (Wildman–Crippen MR) is 92.6 cm³/mol. The van der Waals surface area contributed by atoms with Crippen molar-refractivity contribution < 1.29 is 4.79 Å². The van der Waals surface area contributed by atoms with E-state index in [0.717, 1.165) is 22.4 Å². The zero-order chi connectivity index (χ0) is 16.2. The Hall–Kier alpha value is -3.01. The summed E-state index contributed by atoms with van der Waals surface area (Å²) in [6.07, 6.45) is 1.55. The fourth-order valence-corrected chi connectivity index (χ4v) is 2.28. The van der Waals surface area contributed by atoms with Gasteiger partial charge in [0.25, 0.3) is 5.91 Å². The highest BCUT2D eigenvalue weighted by atomic mass is 16.2. The van der Waals surface area contributed by atoms with E-state index in [1.165, 1.54) is 5.39 Å². The Kier molecular flexibility index (Phi) is 4.15. The van der Waals surface area contributed by atoms with Crippen molar-refractivity contribution in [3.63, 3.8) is 0 Å². The maximum Gasteiger partial charge on any atom is 0.272 e. The summed E-state index contributed by atoms with van der Waals surface area (Å²) in [6, 6.07) is 17.8. The first-order chi connectivity index (χ1) is 11.1. The van der Waals surface area contributed by atoms with Crippen LogP contribution in [0.2, 0.25) is 0 Å². The van der Waals surface area contributed by atoms with Crippen LogP contribution in [0.15, 0.2) is 65.9 Å². The lowest BCUT2D eigenvalue weighted by molar-refractivity contribution is 0.0954. The zero-order valence-electron chi connectivity index (χ0n) is 13.1. The number of hydrogen-bond acceptors (Lipinski definition) is 3. The standard InChI is InChI=1S/C19H17N3O/c1-13-7-8-18(12-20-13)19(23)22-21-14(2)16-10-9-15-5-3-4-6-17(15)11-16/h3-12H,1-2H3,(H,22,23)/b21-14+. The Morgan fingerprint density at radius 1 is 1.00 bits per heavy atom. The SMILES string of the molecule is C/C(=N\NC(=O)c1ccc(C)nc1)c1ccc2ccccc2c1. The summed E-state index contributed by atoms with van der Waals surface area (Å²) in [6.45, 7) is 3.75. The molecular formula is C19H17N3O. The van der Waals surface area contributed by atoms with Gasteiger partial charge in [0.1, 0.15) is 0 Å². The first-order valence-electron chi connectivity index (χ1n) is 7.40. The average molecular weight is 303 g/mol. The fraction of sp³-hybridized carbons (Fsp3) is 0.105. The third-order valence-electron chi connectivity index (χ3n) is 3.67. The van der Waals surface area contributed by atoms with Crippen LogP contribution >= 0.6 is 0 Å². The van der Waals surface area contributed by atoms with Crippen LogP contribution in [-0.4, -0.2) is 16.6 Å². The van der Waals surface area contributed by atoms with Crippen LogP contribution in [0.5, 0.6) is 0 Å². The van der Waals surface area contributed by atoms with Crippen LogP contribution in [0.1, 0.15) is 28.5 Å². The molecule has 23 heavy (non-hydrogen) atoms. The number of hydrogen-bond donors (Lipinski definition) is 1. The molecule has 1 N–H and O–H groups in total. The Balaban J connectivity index is 1.78. The van der Waals surface area contributed by atoms with Crippen LogP contribution in [0.25, 0.3) is 10.8 Å². The van der Waals surface area contributed by atoms with E-state index in [1.54, 1.807) is 18.3 Å². The molecule has 4 nitrogen and oxygen atoms in total. The number of benzene rings is 2. The van der Waals surface area contributed by atoms with Crippen molar-refractivity contribution in [2.24, 2.45) is 5.10 Å². The highest BCUT2D eigenvalue weighted by Crippen LogP contribution is 2.16. The van der Waals surface area contributed by atoms with Crippen LogP contribution in [0, 0.1) is 6.92 Å². The smallest absolute Gasteiger partial charge is 0.267 e. The lowest BCUT2D eigenvalue weighted by Crippen LogP contribution is -2.19.